The first-order valence-electron chi connectivity index (χ1n) is 8.58. The molecule has 0 bridgehead atoms. The summed E-state index contributed by atoms with van der Waals surface area (Å²) in [7, 11) is 0. The van der Waals surface area contributed by atoms with Gasteiger partial charge in [-0.1, -0.05) is 18.2 Å². The normalized spacial score (nSPS) is 17.0. The number of carbonyl (C=O) groups is 1. The highest BCUT2D eigenvalue weighted by molar-refractivity contribution is 5.83. The second kappa shape index (κ2) is 6.15. The number of aryl methyl sites for hydroxylation is 2. The Morgan fingerprint density at radius 2 is 2.25 bits per heavy atom. The molecule has 2 aromatic heterocycles. The van der Waals surface area contributed by atoms with Crippen molar-refractivity contribution in [2.75, 3.05) is 6.54 Å². The van der Waals surface area contributed by atoms with E-state index in [1.54, 1.807) is 0 Å². The van der Waals surface area contributed by atoms with Gasteiger partial charge in [0.1, 0.15) is 5.82 Å². The van der Waals surface area contributed by atoms with Crippen LogP contribution in [0, 0.1) is 12.8 Å². The number of para-hydroxylation sites is 1. The Morgan fingerprint density at radius 3 is 3.17 bits per heavy atom. The molecule has 5 heteroatoms. The minimum Gasteiger partial charge on any atom is -0.361 e. The van der Waals surface area contributed by atoms with Crippen LogP contribution in [0.5, 0.6) is 0 Å². The number of fused-ring (bicyclic) bond motifs is 2. The van der Waals surface area contributed by atoms with Gasteiger partial charge < -0.3 is 15.3 Å². The first-order chi connectivity index (χ1) is 11.7. The fourth-order valence-electron chi connectivity index (χ4n) is 3.65. The van der Waals surface area contributed by atoms with Crippen LogP contribution in [-0.4, -0.2) is 27.4 Å². The molecule has 1 atom stereocenters. The number of H-pyrrole nitrogens is 2. The summed E-state index contributed by atoms with van der Waals surface area (Å²) in [4.78, 5) is 23.5. The maximum Gasteiger partial charge on any atom is 0.223 e. The van der Waals surface area contributed by atoms with Crippen LogP contribution in [0.3, 0.4) is 0 Å². The highest BCUT2D eigenvalue weighted by Crippen LogP contribution is 2.24. The number of aromatic nitrogens is 3. The van der Waals surface area contributed by atoms with Crippen molar-refractivity contribution in [2.45, 2.75) is 32.6 Å². The van der Waals surface area contributed by atoms with E-state index in [9.17, 15) is 4.79 Å². The van der Waals surface area contributed by atoms with Crippen molar-refractivity contribution in [2.24, 2.45) is 5.92 Å². The monoisotopic (exact) mass is 322 g/mol. The molecule has 0 unspecified atom stereocenters. The molecule has 0 fully saturated rings. The lowest BCUT2D eigenvalue weighted by Crippen LogP contribution is -2.35. The number of nitrogens with zero attached hydrogens (tertiary/aromatic N) is 1. The predicted molar refractivity (Wildman–Crippen MR) is 93.9 cm³/mol. The number of hydrogen-bond donors (Lipinski definition) is 3. The minimum atomic E-state index is 0.0559. The molecule has 24 heavy (non-hydrogen) atoms. The van der Waals surface area contributed by atoms with Crippen LogP contribution in [0.25, 0.3) is 10.9 Å². The van der Waals surface area contributed by atoms with Crippen molar-refractivity contribution in [1.82, 2.24) is 20.3 Å². The van der Waals surface area contributed by atoms with Crippen molar-refractivity contribution in [3.8, 4) is 0 Å². The van der Waals surface area contributed by atoms with E-state index in [-0.39, 0.29) is 11.8 Å². The van der Waals surface area contributed by atoms with E-state index in [4.69, 9.17) is 0 Å². The molecule has 0 saturated heterocycles. The summed E-state index contributed by atoms with van der Waals surface area (Å²) in [6.07, 6.45) is 5.43. The van der Waals surface area contributed by atoms with E-state index >= 15 is 0 Å². The number of imidazole rings is 1. The second-order valence-corrected chi connectivity index (χ2v) is 6.59. The number of hydrogen-bond acceptors (Lipinski definition) is 2. The number of aromatic amines is 2. The van der Waals surface area contributed by atoms with E-state index in [0.29, 0.717) is 6.54 Å². The zero-order chi connectivity index (χ0) is 16.5. The van der Waals surface area contributed by atoms with E-state index in [1.807, 2.05) is 25.3 Å². The Hall–Kier alpha value is -2.56. The van der Waals surface area contributed by atoms with Crippen molar-refractivity contribution >= 4 is 16.8 Å². The Morgan fingerprint density at radius 1 is 1.38 bits per heavy atom. The van der Waals surface area contributed by atoms with Gasteiger partial charge in [0.25, 0.3) is 0 Å². The summed E-state index contributed by atoms with van der Waals surface area (Å²) < 4.78 is 0. The lowest BCUT2D eigenvalue weighted by molar-refractivity contribution is -0.125. The maximum absolute atomic E-state index is 12.5. The highest BCUT2D eigenvalue weighted by atomic mass is 16.1. The van der Waals surface area contributed by atoms with Crippen molar-refractivity contribution < 1.29 is 4.79 Å². The van der Waals surface area contributed by atoms with Gasteiger partial charge in [-0.05, 0) is 37.8 Å². The predicted octanol–water partition coefficient (Wildman–Crippen LogP) is 2.66. The van der Waals surface area contributed by atoms with Gasteiger partial charge in [0.05, 0.1) is 5.69 Å². The smallest absolute Gasteiger partial charge is 0.223 e. The largest absolute Gasteiger partial charge is 0.361 e. The summed E-state index contributed by atoms with van der Waals surface area (Å²) in [6, 6.07) is 8.26. The molecule has 0 aliphatic heterocycles. The lowest BCUT2D eigenvalue weighted by atomic mass is 9.89. The molecule has 1 aromatic carbocycles. The zero-order valence-electron chi connectivity index (χ0n) is 13.9. The van der Waals surface area contributed by atoms with Crippen LogP contribution in [0.4, 0.5) is 0 Å². The van der Waals surface area contributed by atoms with E-state index in [1.165, 1.54) is 10.9 Å². The van der Waals surface area contributed by atoms with Crippen LogP contribution in [0.1, 0.15) is 29.2 Å². The Labute approximate surface area is 140 Å². The average Bonchev–Trinajstić information content (AvgIpc) is 3.16. The van der Waals surface area contributed by atoms with E-state index < -0.39 is 0 Å². The molecular weight excluding hydrogens is 300 g/mol. The van der Waals surface area contributed by atoms with Crippen LogP contribution in [0.15, 0.2) is 30.5 Å². The summed E-state index contributed by atoms with van der Waals surface area (Å²) in [5.74, 6) is 1.16. The zero-order valence-corrected chi connectivity index (χ0v) is 13.9. The van der Waals surface area contributed by atoms with Gasteiger partial charge >= 0.3 is 0 Å². The summed E-state index contributed by atoms with van der Waals surface area (Å²) in [6.45, 7) is 2.64. The molecule has 3 aromatic rings. The van der Waals surface area contributed by atoms with Crippen LogP contribution < -0.4 is 5.32 Å². The number of nitrogens with one attached hydrogen (secondary N) is 3. The van der Waals surface area contributed by atoms with Crippen LogP contribution >= 0.6 is 0 Å². The highest BCUT2D eigenvalue weighted by Gasteiger charge is 2.26. The fourth-order valence-corrected chi connectivity index (χ4v) is 3.65. The van der Waals surface area contributed by atoms with Gasteiger partial charge in [0.15, 0.2) is 0 Å². The van der Waals surface area contributed by atoms with Gasteiger partial charge in [-0.25, -0.2) is 4.98 Å². The number of carbonyl (C=O) groups excluding carboxylic acids is 1. The third-order valence-corrected chi connectivity index (χ3v) is 4.90. The summed E-state index contributed by atoms with van der Waals surface area (Å²) >= 11 is 0. The summed E-state index contributed by atoms with van der Waals surface area (Å²) in [5.41, 5.74) is 4.67. The van der Waals surface area contributed by atoms with Gasteiger partial charge in [-0.2, -0.15) is 0 Å². The third kappa shape index (κ3) is 2.82. The van der Waals surface area contributed by atoms with Crippen LogP contribution in [0.2, 0.25) is 0 Å². The number of amides is 1. The molecule has 0 spiro atoms. The Balaban J connectivity index is 1.34. The second-order valence-electron chi connectivity index (χ2n) is 6.59. The van der Waals surface area contributed by atoms with Crippen LogP contribution in [-0.2, 0) is 24.1 Å². The molecule has 4 rings (SSSR count). The Kier molecular flexibility index (Phi) is 3.84. The SMILES string of the molecule is Cc1nc2c([nH]1)C[C@@H](C(=O)NCCc1c[nH]c3ccccc13)CC2. The molecule has 0 radical (unpaired) electrons. The number of benzene rings is 1. The van der Waals surface area contributed by atoms with Crippen molar-refractivity contribution in [1.29, 1.82) is 0 Å². The van der Waals surface area contributed by atoms with Gasteiger partial charge in [0.2, 0.25) is 5.91 Å². The molecule has 3 N–H and O–H groups in total. The molecule has 2 heterocycles. The first-order valence-corrected chi connectivity index (χ1v) is 8.58. The minimum absolute atomic E-state index is 0.0559. The molecular formula is C19H22N4O. The van der Waals surface area contributed by atoms with Gasteiger partial charge in [0, 0.05) is 41.7 Å². The average molecular weight is 322 g/mol. The van der Waals surface area contributed by atoms with E-state index in [0.717, 1.165) is 48.4 Å². The van der Waals surface area contributed by atoms with Crippen molar-refractivity contribution in [3.63, 3.8) is 0 Å². The molecule has 1 aliphatic carbocycles. The fraction of sp³-hybridized carbons (Fsp3) is 0.368. The Bertz CT molecular complexity index is 877. The molecule has 1 amide bonds. The van der Waals surface area contributed by atoms with Gasteiger partial charge in [-0.15, -0.1) is 0 Å². The quantitative estimate of drug-likeness (QED) is 0.691. The summed E-state index contributed by atoms with van der Waals surface area (Å²) in [5, 5.41) is 4.34. The lowest BCUT2D eigenvalue weighted by Gasteiger charge is -2.20. The molecule has 124 valence electrons. The topological polar surface area (TPSA) is 73.6 Å². The standard InChI is InChI=1S/C19H22N4O/c1-12-22-17-7-6-13(10-18(17)23-12)19(24)20-9-8-14-11-21-16-5-3-2-4-15(14)16/h2-5,11,13,21H,6-10H2,1H3,(H,20,24)(H,22,23)/t13-/m0/s1. The van der Waals surface area contributed by atoms with E-state index in [2.05, 4.69) is 32.4 Å². The molecule has 5 nitrogen and oxygen atoms in total. The van der Waals surface area contributed by atoms with Crippen molar-refractivity contribution in [3.05, 3.63) is 53.2 Å². The molecule has 0 saturated carbocycles. The number of rotatable bonds is 4. The van der Waals surface area contributed by atoms with Gasteiger partial charge in [-0.3, -0.25) is 4.79 Å². The maximum atomic E-state index is 12.5. The third-order valence-electron chi connectivity index (χ3n) is 4.90. The first kappa shape index (κ1) is 15.0. The molecule has 1 aliphatic rings.